The van der Waals surface area contributed by atoms with Gasteiger partial charge in [-0.3, -0.25) is 4.79 Å². The van der Waals surface area contributed by atoms with Crippen LogP contribution in [0.3, 0.4) is 0 Å². The molecule has 22 heavy (non-hydrogen) atoms. The van der Waals surface area contributed by atoms with Gasteiger partial charge in [0, 0.05) is 13.2 Å². The van der Waals surface area contributed by atoms with Crippen LogP contribution < -0.4 is 5.32 Å². The molecule has 0 aliphatic rings. The van der Waals surface area contributed by atoms with Gasteiger partial charge in [-0.15, -0.1) is 0 Å². The van der Waals surface area contributed by atoms with Crippen molar-refractivity contribution in [1.29, 1.82) is 0 Å². The summed E-state index contributed by atoms with van der Waals surface area (Å²) in [5, 5.41) is 11.9. The van der Waals surface area contributed by atoms with Gasteiger partial charge in [0.1, 0.15) is 0 Å². The third-order valence-corrected chi connectivity index (χ3v) is 3.89. The number of hydrogen-bond donors (Lipinski definition) is 2. The van der Waals surface area contributed by atoms with Crippen molar-refractivity contribution in [3.8, 4) is 0 Å². The normalized spacial score (nSPS) is 12.3. The van der Waals surface area contributed by atoms with Gasteiger partial charge in [0.15, 0.2) is 0 Å². The lowest BCUT2D eigenvalue weighted by Crippen LogP contribution is -2.29. The lowest BCUT2D eigenvalue weighted by molar-refractivity contribution is -0.110. The molecule has 4 heteroatoms. The molecule has 0 saturated heterocycles. The standard InChI is InChI=1S/C18H37NO3/c1-2-3-4-5-6-7-8-9-10-11-12-13-14-22-16-18(21)15-19-17-20/h17-18,21H,2-16H2,1H3,(H,19,20). The van der Waals surface area contributed by atoms with Crippen LogP contribution in [0, 0.1) is 0 Å². The number of aliphatic hydroxyl groups is 1. The second-order valence-electron chi connectivity index (χ2n) is 6.14. The Bertz CT molecular complexity index is 224. The lowest BCUT2D eigenvalue weighted by atomic mass is 10.1. The van der Waals surface area contributed by atoms with Crippen LogP contribution in [0.1, 0.15) is 84.0 Å². The number of ether oxygens (including phenoxy) is 1. The summed E-state index contributed by atoms with van der Waals surface area (Å²) in [5.74, 6) is 0. The minimum Gasteiger partial charge on any atom is -0.389 e. The van der Waals surface area contributed by atoms with Gasteiger partial charge in [0.25, 0.3) is 0 Å². The molecule has 4 nitrogen and oxygen atoms in total. The first-order valence-electron chi connectivity index (χ1n) is 9.24. The van der Waals surface area contributed by atoms with Gasteiger partial charge in [0.2, 0.25) is 6.41 Å². The predicted molar refractivity (Wildman–Crippen MR) is 92.0 cm³/mol. The van der Waals surface area contributed by atoms with E-state index < -0.39 is 6.10 Å². The molecule has 0 aromatic carbocycles. The summed E-state index contributed by atoms with van der Waals surface area (Å²) < 4.78 is 5.38. The number of carbonyl (C=O) groups is 1. The van der Waals surface area contributed by atoms with Crippen LogP contribution >= 0.6 is 0 Å². The third-order valence-electron chi connectivity index (χ3n) is 3.89. The molecule has 1 unspecified atom stereocenters. The van der Waals surface area contributed by atoms with Gasteiger partial charge in [-0.05, 0) is 6.42 Å². The summed E-state index contributed by atoms with van der Waals surface area (Å²) in [6.45, 7) is 3.54. The van der Waals surface area contributed by atoms with Crippen LogP contribution in [0.4, 0.5) is 0 Å². The molecule has 0 aromatic rings. The van der Waals surface area contributed by atoms with E-state index in [2.05, 4.69) is 12.2 Å². The van der Waals surface area contributed by atoms with Crippen LogP contribution in [-0.4, -0.2) is 37.4 Å². The Balaban J connectivity index is 3.03. The maximum Gasteiger partial charge on any atom is 0.207 e. The fourth-order valence-electron chi connectivity index (χ4n) is 2.51. The van der Waals surface area contributed by atoms with Gasteiger partial charge >= 0.3 is 0 Å². The molecular weight excluding hydrogens is 278 g/mol. The number of nitrogens with one attached hydrogen (secondary N) is 1. The molecule has 0 aliphatic carbocycles. The number of rotatable bonds is 18. The molecule has 0 spiro atoms. The Labute approximate surface area is 137 Å². The number of hydrogen-bond acceptors (Lipinski definition) is 3. The monoisotopic (exact) mass is 315 g/mol. The Hall–Kier alpha value is -0.610. The van der Waals surface area contributed by atoms with E-state index in [0.717, 1.165) is 6.42 Å². The zero-order chi connectivity index (χ0) is 16.3. The fourth-order valence-corrected chi connectivity index (χ4v) is 2.51. The molecule has 0 fully saturated rings. The SMILES string of the molecule is CCCCCCCCCCCCCCOCC(O)CNC=O. The van der Waals surface area contributed by atoms with Crippen molar-refractivity contribution in [2.45, 2.75) is 90.1 Å². The first-order chi connectivity index (χ1) is 10.8. The Kier molecular flexibility index (Phi) is 17.9. The van der Waals surface area contributed by atoms with Gasteiger partial charge in [-0.1, -0.05) is 77.6 Å². The van der Waals surface area contributed by atoms with Crippen LogP contribution in [0.25, 0.3) is 0 Å². The molecule has 0 heterocycles. The molecule has 0 saturated carbocycles. The average Bonchev–Trinajstić information content (AvgIpc) is 2.53. The molecule has 0 aromatic heterocycles. The Morgan fingerprint density at radius 1 is 0.909 bits per heavy atom. The second-order valence-corrected chi connectivity index (χ2v) is 6.14. The molecule has 0 bridgehead atoms. The van der Waals surface area contributed by atoms with E-state index in [4.69, 9.17) is 4.74 Å². The maximum atomic E-state index is 10.0. The molecule has 132 valence electrons. The van der Waals surface area contributed by atoms with Gasteiger partial charge in [-0.25, -0.2) is 0 Å². The summed E-state index contributed by atoms with van der Waals surface area (Å²) in [6, 6.07) is 0. The van der Waals surface area contributed by atoms with Crippen molar-refractivity contribution >= 4 is 6.41 Å². The predicted octanol–water partition coefficient (Wildman–Crippen LogP) is 3.81. The zero-order valence-electron chi connectivity index (χ0n) is 14.5. The first-order valence-corrected chi connectivity index (χ1v) is 9.24. The second kappa shape index (κ2) is 18.4. The summed E-state index contributed by atoms with van der Waals surface area (Å²) in [6.07, 6.45) is 16.0. The Morgan fingerprint density at radius 2 is 1.41 bits per heavy atom. The van der Waals surface area contributed by atoms with E-state index in [1.807, 2.05) is 0 Å². The van der Waals surface area contributed by atoms with E-state index in [-0.39, 0.29) is 6.54 Å². The average molecular weight is 315 g/mol. The van der Waals surface area contributed by atoms with Crippen molar-refractivity contribution in [3.05, 3.63) is 0 Å². The van der Waals surface area contributed by atoms with Crippen molar-refractivity contribution in [1.82, 2.24) is 5.32 Å². The summed E-state index contributed by atoms with van der Waals surface area (Å²) in [4.78, 5) is 10.0. The first kappa shape index (κ1) is 21.4. The third kappa shape index (κ3) is 17.4. The smallest absolute Gasteiger partial charge is 0.207 e. The molecule has 1 atom stereocenters. The fraction of sp³-hybridized carbons (Fsp3) is 0.944. The van der Waals surface area contributed by atoms with E-state index in [1.54, 1.807) is 0 Å². The molecular formula is C18H37NO3. The molecule has 1 amide bonds. The largest absolute Gasteiger partial charge is 0.389 e. The highest BCUT2D eigenvalue weighted by atomic mass is 16.5. The zero-order valence-corrected chi connectivity index (χ0v) is 14.5. The maximum absolute atomic E-state index is 10.0. The highest BCUT2D eigenvalue weighted by Gasteiger charge is 2.02. The highest BCUT2D eigenvalue weighted by molar-refractivity contribution is 5.45. The van der Waals surface area contributed by atoms with Crippen LogP contribution in [0.5, 0.6) is 0 Å². The van der Waals surface area contributed by atoms with Crippen molar-refractivity contribution in [2.24, 2.45) is 0 Å². The number of amides is 1. The molecule has 0 aliphatic heterocycles. The summed E-state index contributed by atoms with van der Waals surface area (Å²) >= 11 is 0. The van der Waals surface area contributed by atoms with Crippen LogP contribution in [-0.2, 0) is 9.53 Å². The van der Waals surface area contributed by atoms with E-state index in [0.29, 0.717) is 19.6 Å². The quantitative estimate of drug-likeness (QED) is 0.299. The van der Waals surface area contributed by atoms with E-state index in [9.17, 15) is 9.90 Å². The number of unbranched alkanes of at least 4 members (excludes halogenated alkanes) is 11. The minimum absolute atomic E-state index is 0.266. The van der Waals surface area contributed by atoms with Crippen molar-refractivity contribution in [2.75, 3.05) is 19.8 Å². The molecule has 0 radical (unpaired) electrons. The van der Waals surface area contributed by atoms with E-state index >= 15 is 0 Å². The molecule has 0 rings (SSSR count). The van der Waals surface area contributed by atoms with Crippen molar-refractivity contribution in [3.63, 3.8) is 0 Å². The topological polar surface area (TPSA) is 58.6 Å². The van der Waals surface area contributed by atoms with Crippen molar-refractivity contribution < 1.29 is 14.6 Å². The van der Waals surface area contributed by atoms with Crippen LogP contribution in [0.2, 0.25) is 0 Å². The number of aliphatic hydroxyl groups excluding tert-OH is 1. The van der Waals surface area contributed by atoms with Gasteiger partial charge < -0.3 is 15.2 Å². The lowest BCUT2D eigenvalue weighted by Gasteiger charge is -2.10. The van der Waals surface area contributed by atoms with E-state index in [1.165, 1.54) is 70.6 Å². The Morgan fingerprint density at radius 3 is 1.91 bits per heavy atom. The van der Waals surface area contributed by atoms with Gasteiger partial charge in [0.05, 0.1) is 12.7 Å². The minimum atomic E-state index is -0.595. The summed E-state index contributed by atoms with van der Waals surface area (Å²) in [7, 11) is 0. The molecule has 2 N–H and O–H groups in total. The van der Waals surface area contributed by atoms with Gasteiger partial charge in [-0.2, -0.15) is 0 Å². The highest BCUT2D eigenvalue weighted by Crippen LogP contribution is 2.11. The number of carbonyl (C=O) groups excluding carboxylic acids is 1. The summed E-state index contributed by atoms with van der Waals surface area (Å²) in [5.41, 5.74) is 0. The van der Waals surface area contributed by atoms with Crippen LogP contribution in [0.15, 0.2) is 0 Å².